The second-order valence-corrected chi connectivity index (χ2v) is 4.36. The van der Waals surface area contributed by atoms with Crippen LogP contribution in [0.2, 0.25) is 0 Å². The van der Waals surface area contributed by atoms with Gasteiger partial charge in [-0.1, -0.05) is 12.2 Å². The van der Waals surface area contributed by atoms with E-state index in [4.69, 9.17) is 23.2 Å². The molecule has 0 radical (unpaired) electrons. The van der Waals surface area contributed by atoms with E-state index < -0.39 is 0 Å². The largest absolute Gasteiger partial charge is 0.398 e. The van der Waals surface area contributed by atoms with Gasteiger partial charge in [-0.25, -0.2) is 0 Å². The van der Waals surface area contributed by atoms with Crippen LogP contribution in [0.25, 0.3) is 5.70 Å². The molecule has 0 saturated carbocycles. The number of allylic oxidation sites excluding steroid dienone is 1. The topological polar surface area (TPSA) is 65.6 Å². The van der Waals surface area contributed by atoms with Gasteiger partial charge in [0.15, 0.2) is 0 Å². The number of nitrogens with zero attached hydrogens (tertiary/aromatic N) is 1. The normalized spacial score (nSPS) is 15.3. The molecule has 0 aliphatic heterocycles. The van der Waals surface area contributed by atoms with Crippen LogP contribution in [-0.4, -0.2) is 4.98 Å². The van der Waals surface area contributed by atoms with Crippen LogP contribution < -0.4 is 5.73 Å². The summed E-state index contributed by atoms with van der Waals surface area (Å²) in [7, 11) is 0. The second-order valence-electron chi connectivity index (χ2n) is 3.95. The van der Waals surface area contributed by atoms with E-state index in [1.165, 1.54) is 30.2 Å². The standard InChI is InChI=1S/C12H13N3S/c13-6-5-10(14)9-7-8-3-1-2-4-11(8)15-12(9)16/h5,7H,1-4,14H2,(H,15,16)/b10-5-. The van der Waals surface area contributed by atoms with Gasteiger partial charge in [0, 0.05) is 17.3 Å². The van der Waals surface area contributed by atoms with E-state index in [1.807, 2.05) is 12.1 Å². The van der Waals surface area contributed by atoms with E-state index in [9.17, 15) is 0 Å². The van der Waals surface area contributed by atoms with E-state index in [-0.39, 0.29) is 0 Å². The first kappa shape index (κ1) is 10.9. The fourth-order valence-electron chi connectivity index (χ4n) is 2.04. The predicted octanol–water partition coefficient (Wildman–Crippen LogP) is 2.45. The molecule has 82 valence electrons. The molecule has 3 nitrogen and oxygen atoms in total. The minimum atomic E-state index is 0.442. The molecule has 0 bridgehead atoms. The Morgan fingerprint density at radius 1 is 1.50 bits per heavy atom. The Bertz CT molecular complexity index is 534. The predicted molar refractivity (Wildman–Crippen MR) is 66.0 cm³/mol. The first-order valence-corrected chi connectivity index (χ1v) is 5.74. The molecule has 1 aliphatic carbocycles. The van der Waals surface area contributed by atoms with Crippen molar-refractivity contribution in [3.05, 3.63) is 33.6 Å². The van der Waals surface area contributed by atoms with E-state index in [2.05, 4.69) is 4.98 Å². The third kappa shape index (κ3) is 2.00. The summed E-state index contributed by atoms with van der Waals surface area (Å²) in [6.45, 7) is 0. The quantitative estimate of drug-likeness (QED) is 0.576. The monoisotopic (exact) mass is 231 g/mol. The molecule has 3 N–H and O–H groups in total. The second kappa shape index (κ2) is 4.50. The van der Waals surface area contributed by atoms with Gasteiger partial charge in [0.1, 0.15) is 4.64 Å². The van der Waals surface area contributed by atoms with Crippen LogP contribution in [0, 0.1) is 16.0 Å². The summed E-state index contributed by atoms with van der Waals surface area (Å²) in [6.07, 6.45) is 5.86. The van der Waals surface area contributed by atoms with E-state index in [0.717, 1.165) is 18.4 Å². The van der Waals surface area contributed by atoms with Gasteiger partial charge < -0.3 is 10.7 Å². The maximum Gasteiger partial charge on any atom is 0.112 e. The maximum atomic E-state index is 8.58. The minimum Gasteiger partial charge on any atom is -0.398 e. The Kier molecular flexibility index (Phi) is 3.07. The molecule has 1 heterocycles. The van der Waals surface area contributed by atoms with Crippen LogP contribution in [0.3, 0.4) is 0 Å². The van der Waals surface area contributed by atoms with Crippen molar-refractivity contribution >= 4 is 17.9 Å². The number of aromatic nitrogens is 1. The van der Waals surface area contributed by atoms with Crippen LogP contribution in [0.15, 0.2) is 12.1 Å². The summed E-state index contributed by atoms with van der Waals surface area (Å²) in [4.78, 5) is 3.22. The fourth-order valence-corrected chi connectivity index (χ4v) is 2.34. The minimum absolute atomic E-state index is 0.442. The zero-order valence-corrected chi connectivity index (χ0v) is 9.73. The average molecular weight is 231 g/mol. The molecule has 1 aliphatic rings. The molecule has 0 aromatic carbocycles. The van der Waals surface area contributed by atoms with Crippen molar-refractivity contribution in [1.29, 1.82) is 5.26 Å². The van der Waals surface area contributed by atoms with Crippen molar-refractivity contribution in [1.82, 2.24) is 4.98 Å². The summed E-state index contributed by atoms with van der Waals surface area (Å²) < 4.78 is 0.629. The van der Waals surface area contributed by atoms with Crippen molar-refractivity contribution in [3.8, 4) is 6.07 Å². The lowest BCUT2D eigenvalue weighted by Gasteiger charge is -2.16. The Balaban J connectivity index is 2.53. The molecule has 0 fully saturated rings. The van der Waals surface area contributed by atoms with Crippen LogP contribution in [-0.2, 0) is 12.8 Å². The number of nitriles is 1. The third-order valence-corrected chi connectivity index (χ3v) is 3.19. The zero-order valence-electron chi connectivity index (χ0n) is 8.92. The molecule has 1 aromatic heterocycles. The molecular weight excluding hydrogens is 218 g/mol. The van der Waals surface area contributed by atoms with Crippen molar-refractivity contribution in [3.63, 3.8) is 0 Å². The fraction of sp³-hybridized carbons (Fsp3) is 0.333. The van der Waals surface area contributed by atoms with Gasteiger partial charge in [-0.3, -0.25) is 0 Å². The van der Waals surface area contributed by atoms with Gasteiger partial charge >= 0.3 is 0 Å². The molecule has 0 saturated heterocycles. The number of aromatic amines is 1. The molecule has 1 aromatic rings. The number of rotatable bonds is 1. The first-order valence-electron chi connectivity index (χ1n) is 5.33. The van der Waals surface area contributed by atoms with E-state index >= 15 is 0 Å². The average Bonchev–Trinajstić information content (AvgIpc) is 2.28. The molecule has 2 rings (SSSR count). The van der Waals surface area contributed by atoms with Crippen molar-refractivity contribution in [2.75, 3.05) is 0 Å². The number of hydrogen-bond acceptors (Lipinski definition) is 3. The molecule has 16 heavy (non-hydrogen) atoms. The summed E-state index contributed by atoms with van der Waals surface area (Å²) in [5.41, 5.74) is 9.52. The van der Waals surface area contributed by atoms with Crippen LogP contribution in [0.5, 0.6) is 0 Å². The Morgan fingerprint density at radius 2 is 2.25 bits per heavy atom. The Morgan fingerprint density at radius 3 is 3.00 bits per heavy atom. The highest BCUT2D eigenvalue weighted by molar-refractivity contribution is 7.71. The third-order valence-electron chi connectivity index (χ3n) is 2.87. The number of H-pyrrole nitrogens is 1. The smallest absolute Gasteiger partial charge is 0.112 e. The van der Waals surface area contributed by atoms with E-state index in [1.54, 1.807) is 0 Å². The summed E-state index contributed by atoms with van der Waals surface area (Å²) in [5, 5.41) is 8.58. The van der Waals surface area contributed by atoms with Gasteiger partial charge in [0.2, 0.25) is 0 Å². The SMILES string of the molecule is N#C/C=C(\N)c1cc2c([nH]c1=S)CCCC2. The van der Waals surface area contributed by atoms with Crippen molar-refractivity contribution < 1.29 is 0 Å². The highest BCUT2D eigenvalue weighted by Crippen LogP contribution is 2.22. The highest BCUT2D eigenvalue weighted by Gasteiger charge is 2.12. The van der Waals surface area contributed by atoms with Crippen molar-refractivity contribution in [2.45, 2.75) is 25.7 Å². The van der Waals surface area contributed by atoms with E-state index in [0.29, 0.717) is 10.3 Å². The molecular formula is C12H13N3S. The number of pyridine rings is 1. The van der Waals surface area contributed by atoms with Gasteiger partial charge in [0.25, 0.3) is 0 Å². The number of nitrogens with one attached hydrogen (secondary N) is 1. The van der Waals surface area contributed by atoms with Crippen LogP contribution in [0.4, 0.5) is 0 Å². The van der Waals surface area contributed by atoms with Gasteiger partial charge in [-0.15, -0.1) is 0 Å². The number of aryl methyl sites for hydroxylation is 2. The molecule has 0 unspecified atom stereocenters. The Labute approximate surface area is 99.6 Å². The lowest BCUT2D eigenvalue weighted by molar-refractivity contribution is 0.666. The maximum absolute atomic E-state index is 8.58. The number of fused-ring (bicyclic) bond motifs is 1. The molecule has 0 atom stereocenters. The van der Waals surface area contributed by atoms with Crippen molar-refractivity contribution in [2.24, 2.45) is 5.73 Å². The zero-order chi connectivity index (χ0) is 11.5. The van der Waals surface area contributed by atoms with Gasteiger partial charge in [0.05, 0.1) is 11.8 Å². The summed E-state index contributed by atoms with van der Waals surface area (Å²) >= 11 is 5.24. The summed E-state index contributed by atoms with van der Waals surface area (Å²) in [6, 6.07) is 3.95. The first-order chi connectivity index (χ1) is 7.72. The summed E-state index contributed by atoms with van der Waals surface area (Å²) in [5.74, 6) is 0. The molecule has 0 spiro atoms. The Hall–Kier alpha value is -1.60. The number of nitrogens with two attached hydrogens (primary N) is 1. The lowest BCUT2D eigenvalue weighted by Crippen LogP contribution is -2.08. The highest BCUT2D eigenvalue weighted by atomic mass is 32.1. The number of hydrogen-bond donors (Lipinski definition) is 2. The van der Waals surface area contributed by atoms with Crippen LogP contribution >= 0.6 is 12.2 Å². The van der Waals surface area contributed by atoms with Gasteiger partial charge in [-0.2, -0.15) is 5.26 Å². The molecule has 4 heteroatoms. The van der Waals surface area contributed by atoms with Crippen LogP contribution in [0.1, 0.15) is 29.7 Å². The molecule has 0 amide bonds. The lowest BCUT2D eigenvalue weighted by atomic mass is 9.94. The van der Waals surface area contributed by atoms with Gasteiger partial charge in [-0.05, 0) is 37.3 Å².